The SMILES string of the molecule is CCCCCCCCCCCCCCC/C=C/C(O)C(CO)NC(=O)CCCCCCCCCCCC/C=C\CCCCCCCCCCCCCCOC(=O)CCCCCCCCCCCCCCCC. The summed E-state index contributed by atoms with van der Waals surface area (Å²) in [6.45, 7) is 4.93. The summed E-state index contributed by atoms with van der Waals surface area (Å²) in [6.07, 6.45) is 76.6. The van der Waals surface area contributed by atoms with Crippen molar-refractivity contribution >= 4 is 11.9 Å². The molecule has 3 N–H and O–H groups in total. The maximum atomic E-state index is 12.5. The predicted octanol–water partition coefficient (Wildman–Crippen LogP) is 20.6. The van der Waals surface area contributed by atoms with E-state index in [1.54, 1.807) is 6.08 Å². The molecule has 0 rings (SSSR count). The summed E-state index contributed by atoms with van der Waals surface area (Å²) in [7, 11) is 0. The van der Waals surface area contributed by atoms with Gasteiger partial charge in [-0.2, -0.15) is 0 Å². The first-order chi connectivity index (χ1) is 35.5. The Morgan fingerprint density at radius 3 is 0.986 bits per heavy atom. The maximum absolute atomic E-state index is 12.5. The third-order valence-corrected chi connectivity index (χ3v) is 15.2. The molecule has 0 saturated heterocycles. The molecule has 6 heteroatoms. The number of aliphatic hydroxyl groups excluding tert-OH is 2. The zero-order valence-corrected chi connectivity index (χ0v) is 48.7. The van der Waals surface area contributed by atoms with Crippen LogP contribution in [0.15, 0.2) is 24.3 Å². The molecule has 0 heterocycles. The molecule has 0 aromatic heterocycles. The minimum absolute atomic E-state index is 0.0166. The van der Waals surface area contributed by atoms with Gasteiger partial charge in [-0.25, -0.2) is 0 Å². The minimum atomic E-state index is -0.845. The quantitative estimate of drug-likeness (QED) is 0.0320. The minimum Gasteiger partial charge on any atom is -0.466 e. The Morgan fingerprint density at radius 2 is 0.653 bits per heavy atom. The number of unbranched alkanes of at least 4 members (excludes halogenated alkanes) is 48. The van der Waals surface area contributed by atoms with Gasteiger partial charge in [0.15, 0.2) is 0 Å². The Kier molecular flexibility index (Phi) is 60.5. The first-order valence-electron chi connectivity index (χ1n) is 32.6. The molecule has 0 spiro atoms. The standard InChI is InChI=1S/C66H127NO5/c1-3-5-7-9-11-13-15-17-31-34-38-42-46-50-54-58-64(69)63(62-68)67-65(70)59-55-51-47-43-39-35-32-29-27-25-23-21-19-20-22-24-26-28-30-33-37-41-45-49-53-57-61-72-66(71)60-56-52-48-44-40-36-18-16-14-12-10-8-6-4-2/h19,21,54,58,63-64,68-69H,3-18,20,22-53,55-57,59-62H2,1-2H3,(H,67,70)/b21-19-,58-54+. The Labute approximate surface area is 450 Å². The summed E-state index contributed by atoms with van der Waals surface area (Å²) in [6, 6.07) is -0.629. The van der Waals surface area contributed by atoms with Crippen LogP contribution in [0.5, 0.6) is 0 Å². The highest BCUT2D eigenvalue weighted by atomic mass is 16.5. The van der Waals surface area contributed by atoms with E-state index in [0.717, 1.165) is 38.5 Å². The van der Waals surface area contributed by atoms with Gasteiger partial charge in [-0.15, -0.1) is 0 Å². The van der Waals surface area contributed by atoms with Crippen LogP contribution < -0.4 is 5.32 Å². The van der Waals surface area contributed by atoms with E-state index in [4.69, 9.17) is 4.74 Å². The van der Waals surface area contributed by atoms with E-state index >= 15 is 0 Å². The van der Waals surface area contributed by atoms with Crippen molar-refractivity contribution in [2.24, 2.45) is 0 Å². The largest absolute Gasteiger partial charge is 0.466 e. The van der Waals surface area contributed by atoms with Gasteiger partial charge in [0, 0.05) is 12.8 Å². The van der Waals surface area contributed by atoms with Crippen LogP contribution in [0.2, 0.25) is 0 Å². The van der Waals surface area contributed by atoms with Crippen LogP contribution in [-0.4, -0.2) is 47.4 Å². The fraction of sp³-hybridized carbons (Fsp3) is 0.909. The molecular weight excluding hydrogens is 887 g/mol. The highest BCUT2D eigenvalue weighted by molar-refractivity contribution is 5.76. The number of carbonyl (C=O) groups excluding carboxylic acids is 2. The van der Waals surface area contributed by atoms with Crippen molar-refractivity contribution in [1.29, 1.82) is 0 Å². The number of hydrogen-bond donors (Lipinski definition) is 3. The third kappa shape index (κ3) is 57.6. The van der Waals surface area contributed by atoms with Crippen molar-refractivity contribution in [2.45, 2.75) is 373 Å². The summed E-state index contributed by atoms with van der Waals surface area (Å²) < 4.78 is 5.49. The summed E-state index contributed by atoms with van der Waals surface area (Å²) in [4.78, 5) is 24.5. The second-order valence-corrected chi connectivity index (χ2v) is 22.5. The highest BCUT2D eigenvalue weighted by Gasteiger charge is 2.18. The van der Waals surface area contributed by atoms with Crippen LogP contribution in [-0.2, 0) is 14.3 Å². The van der Waals surface area contributed by atoms with Gasteiger partial charge >= 0.3 is 5.97 Å². The number of carbonyl (C=O) groups is 2. The fourth-order valence-electron chi connectivity index (χ4n) is 10.2. The molecular formula is C66H127NO5. The number of ether oxygens (including phenoxy) is 1. The number of esters is 1. The summed E-state index contributed by atoms with van der Waals surface area (Å²) in [5.74, 6) is -0.0513. The van der Waals surface area contributed by atoms with Crippen LogP contribution in [0.4, 0.5) is 0 Å². The summed E-state index contributed by atoms with van der Waals surface area (Å²) in [5, 5.41) is 23.1. The van der Waals surface area contributed by atoms with E-state index in [2.05, 4.69) is 31.3 Å². The predicted molar refractivity (Wildman–Crippen MR) is 315 cm³/mol. The van der Waals surface area contributed by atoms with Crippen molar-refractivity contribution in [3.8, 4) is 0 Å². The second kappa shape index (κ2) is 61.9. The molecule has 426 valence electrons. The summed E-state index contributed by atoms with van der Waals surface area (Å²) >= 11 is 0. The first kappa shape index (κ1) is 70.3. The molecule has 0 aromatic carbocycles. The second-order valence-electron chi connectivity index (χ2n) is 22.5. The molecule has 0 aliphatic heterocycles. The molecule has 6 nitrogen and oxygen atoms in total. The normalized spacial score (nSPS) is 12.7. The number of aliphatic hydroxyl groups is 2. The van der Waals surface area contributed by atoms with Crippen LogP contribution in [0.3, 0.4) is 0 Å². The number of allylic oxidation sites excluding steroid dienone is 3. The topological polar surface area (TPSA) is 95.9 Å². The Bertz CT molecular complexity index is 1120. The molecule has 72 heavy (non-hydrogen) atoms. The van der Waals surface area contributed by atoms with Crippen molar-refractivity contribution < 1.29 is 24.5 Å². The lowest BCUT2D eigenvalue weighted by Gasteiger charge is -2.20. The van der Waals surface area contributed by atoms with E-state index in [1.807, 2.05) is 6.08 Å². The highest BCUT2D eigenvalue weighted by Crippen LogP contribution is 2.18. The van der Waals surface area contributed by atoms with E-state index in [-0.39, 0.29) is 18.5 Å². The molecule has 0 saturated carbocycles. The smallest absolute Gasteiger partial charge is 0.305 e. The van der Waals surface area contributed by atoms with Gasteiger partial charge in [-0.05, 0) is 57.8 Å². The zero-order chi connectivity index (χ0) is 52.2. The van der Waals surface area contributed by atoms with Crippen molar-refractivity contribution in [2.75, 3.05) is 13.2 Å². The van der Waals surface area contributed by atoms with Crippen LogP contribution in [0, 0.1) is 0 Å². The van der Waals surface area contributed by atoms with Crippen LogP contribution in [0.25, 0.3) is 0 Å². The van der Waals surface area contributed by atoms with E-state index in [1.165, 1.54) is 295 Å². The van der Waals surface area contributed by atoms with Gasteiger partial charge in [0.05, 0.1) is 25.4 Å². The van der Waals surface area contributed by atoms with Crippen molar-refractivity contribution in [3.63, 3.8) is 0 Å². The molecule has 2 atom stereocenters. The average Bonchev–Trinajstić information content (AvgIpc) is 3.38. The summed E-state index contributed by atoms with van der Waals surface area (Å²) in [5.41, 5.74) is 0. The number of nitrogens with one attached hydrogen (secondary N) is 1. The van der Waals surface area contributed by atoms with Gasteiger partial charge < -0.3 is 20.3 Å². The molecule has 0 aliphatic carbocycles. The molecule has 0 bridgehead atoms. The number of amides is 1. The van der Waals surface area contributed by atoms with Crippen molar-refractivity contribution in [3.05, 3.63) is 24.3 Å². The lowest BCUT2D eigenvalue weighted by Crippen LogP contribution is -2.45. The first-order valence-corrected chi connectivity index (χ1v) is 32.6. The van der Waals surface area contributed by atoms with Gasteiger partial charge in [0.1, 0.15) is 0 Å². The Hall–Kier alpha value is -1.66. The van der Waals surface area contributed by atoms with E-state index in [0.29, 0.717) is 19.4 Å². The monoisotopic (exact) mass is 1010 g/mol. The lowest BCUT2D eigenvalue weighted by atomic mass is 10.0. The zero-order valence-electron chi connectivity index (χ0n) is 48.7. The third-order valence-electron chi connectivity index (χ3n) is 15.2. The van der Waals surface area contributed by atoms with Gasteiger partial charge in [-0.3, -0.25) is 9.59 Å². The number of rotatable bonds is 61. The molecule has 2 unspecified atom stereocenters. The van der Waals surface area contributed by atoms with Gasteiger partial charge in [0.2, 0.25) is 5.91 Å². The van der Waals surface area contributed by atoms with Gasteiger partial charge in [0.25, 0.3) is 0 Å². The van der Waals surface area contributed by atoms with Crippen molar-refractivity contribution in [1.82, 2.24) is 5.32 Å². The lowest BCUT2D eigenvalue weighted by molar-refractivity contribution is -0.143. The molecule has 0 aromatic rings. The van der Waals surface area contributed by atoms with Gasteiger partial charge in [-0.1, -0.05) is 314 Å². The van der Waals surface area contributed by atoms with E-state index in [9.17, 15) is 19.8 Å². The maximum Gasteiger partial charge on any atom is 0.305 e. The molecule has 0 radical (unpaired) electrons. The van der Waals surface area contributed by atoms with Crippen LogP contribution >= 0.6 is 0 Å². The Balaban J connectivity index is 3.40. The molecule has 0 fully saturated rings. The Morgan fingerprint density at radius 1 is 0.375 bits per heavy atom. The van der Waals surface area contributed by atoms with Crippen LogP contribution in [0.1, 0.15) is 361 Å². The average molecular weight is 1010 g/mol. The van der Waals surface area contributed by atoms with E-state index < -0.39 is 12.1 Å². The molecule has 1 amide bonds. The fourth-order valence-corrected chi connectivity index (χ4v) is 10.2. The number of hydrogen-bond acceptors (Lipinski definition) is 5. The molecule has 0 aliphatic rings.